The van der Waals surface area contributed by atoms with Gasteiger partial charge in [0.05, 0.1) is 12.8 Å². The number of hydrogen-bond acceptors (Lipinski definition) is 3. The van der Waals surface area contributed by atoms with Crippen molar-refractivity contribution in [3.05, 3.63) is 42.0 Å². The molecule has 1 aliphatic carbocycles. The first-order valence-corrected chi connectivity index (χ1v) is 8.41. The number of rotatable bonds is 4. The highest BCUT2D eigenvalue weighted by molar-refractivity contribution is 5.89. The Morgan fingerprint density at radius 2 is 2.32 bits per heavy atom. The van der Waals surface area contributed by atoms with Gasteiger partial charge in [0.2, 0.25) is 0 Å². The summed E-state index contributed by atoms with van der Waals surface area (Å²) in [6.45, 7) is 3.88. The predicted molar refractivity (Wildman–Crippen MR) is 93.2 cm³/mol. The van der Waals surface area contributed by atoms with E-state index in [1.165, 1.54) is 10.7 Å². The molecule has 6 nitrogen and oxygen atoms in total. The number of anilines is 1. The number of nitrogens with one attached hydrogen (secondary N) is 2. The van der Waals surface area contributed by atoms with Crippen LogP contribution in [-0.2, 0) is 0 Å². The highest BCUT2D eigenvalue weighted by Crippen LogP contribution is 2.37. The number of halogens is 1. The third kappa shape index (κ3) is 3.66. The Morgan fingerprint density at radius 3 is 2.96 bits per heavy atom. The van der Waals surface area contributed by atoms with Crippen LogP contribution in [0.25, 0.3) is 5.69 Å². The number of hydrogen-bond donors (Lipinski definition) is 3. The van der Waals surface area contributed by atoms with Gasteiger partial charge in [-0.2, -0.15) is 5.10 Å². The Kier molecular flexibility index (Phi) is 4.76. The molecule has 0 radical (unpaired) electrons. The molecule has 2 aromatic rings. The Balaban J connectivity index is 1.67. The van der Waals surface area contributed by atoms with Gasteiger partial charge in [-0.25, -0.2) is 13.9 Å². The number of urea groups is 1. The number of carbonyl (C=O) groups excluding carboxylic acids is 1. The van der Waals surface area contributed by atoms with Crippen LogP contribution in [0.4, 0.5) is 14.9 Å². The summed E-state index contributed by atoms with van der Waals surface area (Å²) in [5.41, 5.74) is 1.32. The number of aliphatic hydroxyl groups excluding tert-OH is 1. The van der Waals surface area contributed by atoms with E-state index in [9.17, 15) is 14.3 Å². The Hall–Kier alpha value is -2.41. The van der Waals surface area contributed by atoms with Crippen LogP contribution in [-0.4, -0.2) is 33.6 Å². The zero-order chi connectivity index (χ0) is 18.0. The quantitative estimate of drug-likeness (QED) is 0.796. The van der Waals surface area contributed by atoms with Gasteiger partial charge in [-0.1, -0.05) is 13.3 Å². The van der Waals surface area contributed by atoms with Crippen LogP contribution in [0, 0.1) is 18.2 Å². The zero-order valence-electron chi connectivity index (χ0n) is 14.4. The van der Waals surface area contributed by atoms with Gasteiger partial charge in [-0.3, -0.25) is 0 Å². The van der Waals surface area contributed by atoms with E-state index in [2.05, 4.69) is 15.7 Å². The second kappa shape index (κ2) is 6.84. The van der Waals surface area contributed by atoms with E-state index in [0.717, 1.165) is 24.8 Å². The summed E-state index contributed by atoms with van der Waals surface area (Å²) in [5, 5.41) is 19.2. The van der Waals surface area contributed by atoms with Crippen molar-refractivity contribution in [2.75, 3.05) is 11.9 Å². The number of aromatic nitrogens is 2. The van der Waals surface area contributed by atoms with E-state index in [4.69, 9.17) is 0 Å². The topological polar surface area (TPSA) is 79.2 Å². The molecule has 2 atom stereocenters. The molecule has 2 amide bonds. The minimum absolute atomic E-state index is 0.0323. The minimum atomic E-state index is -0.470. The molecule has 134 valence electrons. The van der Waals surface area contributed by atoms with Gasteiger partial charge in [0, 0.05) is 23.3 Å². The summed E-state index contributed by atoms with van der Waals surface area (Å²) in [7, 11) is 0. The van der Waals surface area contributed by atoms with Crippen LogP contribution in [0.3, 0.4) is 0 Å². The molecule has 0 saturated heterocycles. The van der Waals surface area contributed by atoms with Crippen LogP contribution < -0.4 is 10.6 Å². The Bertz CT molecular complexity index is 776. The van der Waals surface area contributed by atoms with Gasteiger partial charge in [-0.15, -0.1) is 0 Å². The van der Waals surface area contributed by atoms with Gasteiger partial charge < -0.3 is 15.7 Å². The molecule has 1 aliphatic rings. The predicted octanol–water partition coefficient (Wildman–Crippen LogP) is 2.99. The van der Waals surface area contributed by atoms with E-state index in [1.807, 2.05) is 13.8 Å². The fourth-order valence-corrected chi connectivity index (χ4v) is 3.31. The van der Waals surface area contributed by atoms with Crippen molar-refractivity contribution in [2.24, 2.45) is 5.41 Å². The molecule has 3 rings (SSSR count). The molecule has 7 heteroatoms. The molecule has 25 heavy (non-hydrogen) atoms. The molecule has 1 fully saturated rings. The lowest BCUT2D eigenvalue weighted by Gasteiger charge is -2.30. The number of carbonyl (C=O) groups is 1. The highest BCUT2D eigenvalue weighted by Gasteiger charge is 2.39. The van der Waals surface area contributed by atoms with E-state index in [1.54, 1.807) is 24.5 Å². The molecule has 0 spiro atoms. The summed E-state index contributed by atoms with van der Waals surface area (Å²) < 4.78 is 15.8. The fraction of sp³-hybridized carbons (Fsp3) is 0.444. The van der Waals surface area contributed by atoms with E-state index < -0.39 is 11.8 Å². The maximum absolute atomic E-state index is 14.3. The van der Waals surface area contributed by atoms with Crippen molar-refractivity contribution in [3.63, 3.8) is 0 Å². The average Bonchev–Trinajstić information content (AvgIpc) is 3.14. The largest absolute Gasteiger partial charge is 0.396 e. The molecule has 2 unspecified atom stereocenters. The van der Waals surface area contributed by atoms with Gasteiger partial charge in [0.1, 0.15) is 5.69 Å². The van der Waals surface area contributed by atoms with E-state index in [0.29, 0.717) is 11.4 Å². The lowest BCUT2D eigenvalue weighted by Crippen LogP contribution is -2.46. The molecule has 1 aromatic heterocycles. The van der Waals surface area contributed by atoms with Crippen LogP contribution in [0.1, 0.15) is 31.7 Å². The molecular formula is C18H23FN4O2. The summed E-state index contributed by atoms with van der Waals surface area (Å²) in [4.78, 5) is 12.2. The summed E-state index contributed by atoms with van der Waals surface area (Å²) in [6.07, 6.45) is 6.05. The van der Waals surface area contributed by atoms with E-state index >= 15 is 0 Å². The molecule has 1 heterocycles. The van der Waals surface area contributed by atoms with Crippen LogP contribution in [0.15, 0.2) is 30.6 Å². The van der Waals surface area contributed by atoms with Gasteiger partial charge in [0.15, 0.2) is 5.82 Å². The maximum Gasteiger partial charge on any atom is 0.319 e. The summed E-state index contributed by atoms with van der Waals surface area (Å²) in [5.74, 6) is -0.470. The SMILES string of the molecule is Cc1cnn(-c2ccc(NC(=O)NC3CCCC3(C)CO)cc2F)c1. The first kappa shape index (κ1) is 17.4. The molecule has 1 aromatic carbocycles. The minimum Gasteiger partial charge on any atom is -0.396 e. The summed E-state index contributed by atoms with van der Waals surface area (Å²) >= 11 is 0. The normalized spacial score (nSPS) is 22.8. The third-order valence-electron chi connectivity index (χ3n) is 4.91. The number of amides is 2. The monoisotopic (exact) mass is 346 g/mol. The zero-order valence-corrected chi connectivity index (χ0v) is 14.4. The van der Waals surface area contributed by atoms with Crippen LogP contribution in [0.5, 0.6) is 0 Å². The average molecular weight is 346 g/mol. The summed E-state index contributed by atoms with van der Waals surface area (Å²) in [6, 6.07) is 3.99. The highest BCUT2D eigenvalue weighted by atomic mass is 19.1. The number of aliphatic hydroxyl groups is 1. The first-order valence-electron chi connectivity index (χ1n) is 8.41. The molecule has 0 aliphatic heterocycles. The molecule has 1 saturated carbocycles. The van der Waals surface area contributed by atoms with Gasteiger partial charge in [0.25, 0.3) is 0 Å². The van der Waals surface area contributed by atoms with Crippen LogP contribution >= 0.6 is 0 Å². The third-order valence-corrected chi connectivity index (χ3v) is 4.91. The van der Waals surface area contributed by atoms with E-state index in [-0.39, 0.29) is 18.1 Å². The molecule has 3 N–H and O–H groups in total. The van der Waals surface area contributed by atoms with Crippen molar-refractivity contribution >= 4 is 11.7 Å². The number of nitrogens with zero attached hydrogens (tertiary/aromatic N) is 2. The fourth-order valence-electron chi connectivity index (χ4n) is 3.31. The number of benzene rings is 1. The standard InChI is InChI=1S/C18H23FN4O2/c1-12-9-20-23(10-12)15-6-5-13(8-14(15)19)21-17(25)22-16-4-3-7-18(16,2)11-24/h5-6,8-10,16,24H,3-4,7,11H2,1-2H3,(H2,21,22,25). The lowest BCUT2D eigenvalue weighted by atomic mass is 9.86. The molecular weight excluding hydrogens is 323 g/mol. The maximum atomic E-state index is 14.3. The Labute approximate surface area is 146 Å². The molecule has 0 bridgehead atoms. The lowest BCUT2D eigenvalue weighted by molar-refractivity contribution is 0.122. The second-order valence-corrected chi connectivity index (χ2v) is 6.98. The van der Waals surface area contributed by atoms with Crippen molar-refractivity contribution in [1.82, 2.24) is 15.1 Å². The Morgan fingerprint density at radius 1 is 1.52 bits per heavy atom. The van der Waals surface area contributed by atoms with Crippen molar-refractivity contribution in [3.8, 4) is 5.69 Å². The number of aryl methyl sites for hydroxylation is 1. The van der Waals surface area contributed by atoms with Crippen molar-refractivity contribution in [1.29, 1.82) is 0 Å². The first-order chi connectivity index (χ1) is 11.9. The van der Waals surface area contributed by atoms with Crippen molar-refractivity contribution in [2.45, 2.75) is 39.2 Å². The smallest absolute Gasteiger partial charge is 0.319 e. The second-order valence-electron chi connectivity index (χ2n) is 6.98. The van der Waals surface area contributed by atoms with Gasteiger partial charge in [-0.05, 0) is 43.5 Å². The van der Waals surface area contributed by atoms with Crippen LogP contribution in [0.2, 0.25) is 0 Å². The van der Waals surface area contributed by atoms with Crippen molar-refractivity contribution < 1.29 is 14.3 Å². The van der Waals surface area contributed by atoms with Gasteiger partial charge >= 0.3 is 6.03 Å².